The van der Waals surface area contributed by atoms with Crippen LogP contribution in [0, 0.1) is 0 Å². The number of aromatic nitrogens is 2. The minimum atomic E-state index is -0.661. The van der Waals surface area contributed by atoms with Crippen molar-refractivity contribution in [1.82, 2.24) is 20.0 Å². The van der Waals surface area contributed by atoms with Crippen LogP contribution in [0.5, 0.6) is 0 Å². The fraction of sp³-hybridized carbons (Fsp3) is 0.476. The maximum atomic E-state index is 13.4. The molecular formula is C21H26N4O2. The Morgan fingerprint density at radius 3 is 2.67 bits per heavy atom. The first kappa shape index (κ1) is 17.8. The monoisotopic (exact) mass is 366 g/mol. The average molecular weight is 366 g/mol. The van der Waals surface area contributed by atoms with E-state index in [0.717, 1.165) is 43.4 Å². The zero-order valence-corrected chi connectivity index (χ0v) is 15.9. The molecule has 2 saturated heterocycles. The van der Waals surface area contributed by atoms with E-state index in [9.17, 15) is 9.59 Å². The summed E-state index contributed by atoms with van der Waals surface area (Å²) in [4.78, 5) is 30.5. The third kappa shape index (κ3) is 2.93. The molecule has 1 aromatic heterocycles. The van der Waals surface area contributed by atoms with Crippen molar-refractivity contribution in [3.63, 3.8) is 0 Å². The minimum Gasteiger partial charge on any atom is -0.338 e. The van der Waals surface area contributed by atoms with Crippen LogP contribution in [0.4, 0.5) is 0 Å². The van der Waals surface area contributed by atoms with Crippen LogP contribution in [0.25, 0.3) is 11.1 Å². The minimum absolute atomic E-state index is 0.0446. The summed E-state index contributed by atoms with van der Waals surface area (Å²) in [5, 5.41) is 6.79. The van der Waals surface area contributed by atoms with E-state index < -0.39 is 5.54 Å². The number of carbonyl (C=O) groups excluding carboxylic acids is 2. The van der Waals surface area contributed by atoms with Gasteiger partial charge in [-0.1, -0.05) is 12.1 Å². The number of H-pyrrole nitrogens is 1. The van der Waals surface area contributed by atoms with Gasteiger partial charge >= 0.3 is 0 Å². The van der Waals surface area contributed by atoms with Gasteiger partial charge in [-0.3, -0.25) is 14.7 Å². The number of aromatic amines is 1. The van der Waals surface area contributed by atoms with Gasteiger partial charge in [0.15, 0.2) is 0 Å². The molecule has 6 nitrogen and oxygen atoms in total. The SMILES string of the molecule is CC(C)N1CCCC2(CCCN2C(=O)c2cccc(-c3cn[nH]c3)c2)C1=O. The first-order valence-corrected chi connectivity index (χ1v) is 9.75. The summed E-state index contributed by atoms with van der Waals surface area (Å²) >= 11 is 0. The van der Waals surface area contributed by atoms with Crippen molar-refractivity contribution in [2.75, 3.05) is 13.1 Å². The van der Waals surface area contributed by atoms with Gasteiger partial charge in [-0.2, -0.15) is 5.10 Å². The number of rotatable bonds is 3. The summed E-state index contributed by atoms with van der Waals surface area (Å²) in [6.07, 6.45) is 6.91. The molecule has 0 aliphatic carbocycles. The predicted molar refractivity (Wildman–Crippen MR) is 103 cm³/mol. The first-order chi connectivity index (χ1) is 13.0. The molecule has 1 spiro atoms. The van der Waals surface area contributed by atoms with Crippen LogP contribution >= 0.6 is 0 Å². The van der Waals surface area contributed by atoms with Gasteiger partial charge in [0.2, 0.25) is 5.91 Å². The van der Waals surface area contributed by atoms with Gasteiger partial charge < -0.3 is 9.80 Å². The standard InChI is InChI=1S/C21H26N4O2/c1-15(2)24-10-4-8-21(20(24)27)9-5-11-25(21)19(26)17-7-3-6-16(12-17)18-13-22-23-14-18/h3,6-7,12-15H,4-5,8-11H2,1-2H3,(H,22,23). The molecule has 0 saturated carbocycles. The molecule has 2 aliphatic rings. The molecule has 0 bridgehead atoms. The van der Waals surface area contributed by atoms with E-state index in [1.165, 1.54) is 0 Å². The lowest BCUT2D eigenvalue weighted by molar-refractivity contribution is -0.147. The fourth-order valence-electron chi connectivity index (χ4n) is 4.56. The smallest absolute Gasteiger partial charge is 0.254 e. The highest BCUT2D eigenvalue weighted by atomic mass is 16.2. The Hall–Kier alpha value is -2.63. The summed E-state index contributed by atoms with van der Waals surface area (Å²) in [6, 6.07) is 7.75. The quantitative estimate of drug-likeness (QED) is 0.908. The summed E-state index contributed by atoms with van der Waals surface area (Å²) in [6.45, 7) is 5.53. The normalized spacial score (nSPS) is 22.9. The Bertz CT molecular complexity index is 846. The summed E-state index contributed by atoms with van der Waals surface area (Å²) in [5.41, 5.74) is 1.86. The molecule has 1 unspecified atom stereocenters. The molecule has 4 rings (SSSR count). The van der Waals surface area contributed by atoms with Gasteiger partial charge in [0.1, 0.15) is 5.54 Å². The second-order valence-electron chi connectivity index (χ2n) is 7.86. The number of amides is 2. The zero-order chi connectivity index (χ0) is 19.0. The number of hydrogen-bond donors (Lipinski definition) is 1. The fourth-order valence-corrected chi connectivity index (χ4v) is 4.56. The Morgan fingerprint density at radius 1 is 1.19 bits per heavy atom. The highest BCUT2D eigenvalue weighted by Gasteiger charge is 2.53. The molecule has 2 aromatic rings. The highest BCUT2D eigenvalue weighted by molar-refractivity contribution is 6.00. The molecule has 27 heavy (non-hydrogen) atoms. The van der Waals surface area contributed by atoms with E-state index >= 15 is 0 Å². The molecule has 142 valence electrons. The third-order valence-corrected chi connectivity index (χ3v) is 5.95. The molecule has 0 radical (unpaired) electrons. The number of nitrogens with one attached hydrogen (secondary N) is 1. The van der Waals surface area contributed by atoms with E-state index in [0.29, 0.717) is 12.1 Å². The van der Waals surface area contributed by atoms with Crippen LogP contribution in [-0.2, 0) is 4.79 Å². The summed E-state index contributed by atoms with van der Waals surface area (Å²) in [5.74, 6) is 0.0809. The second-order valence-corrected chi connectivity index (χ2v) is 7.86. The van der Waals surface area contributed by atoms with Gasteiger partial charge in [0, 0.05) is 36.5 Å². The van der Waals surface area contributed by atoms with Gasteiger partial charge in [0.05, 0.1) is 6.20 Å². The van der Waals surface area contributed by atoms with Crippen LogP contribution < -0.4 is 0 Å². The van der Waals surface area contributed by atoms with Gasteiger partial charge in [-0.15, -0.1) is 0 Å². The van der Waals surface area contributed by atoms with Crippen LogP contribution in [0.15, 0.2) is 36.7 Å². The zero-order valence-electron chi connectivity index (χ0n) is 15.9. The molecule has 6 heteroatoms. The van der Waals surface area contributed by atoms with Crippen LogP contribution in [0.1, 0.15) is 49.9 Å². The third-order valence-electron chi connectivity index (χ3n) is 5.95. The van der Waals surface area contributed by atoms with E-state index in [2.05, 4.69) is 10.2 Å². The first-order valence-electron chi connectivity index (χ1n) is 9.75. The lowest BCUT2D eigenvalue weighted by atomic mass is 9.84. The Balaban J connectivity index is 1.65. The Morgan fingerprint density at radius 2 is 1.96 bits per heavy atom. The highest BCUT2D eigenvalue weighted by Crippen LogP contribution is 2.39. The Labute approximate surface area is 159 Å². The van der Waals surface area contributed by atoms with Crippen molar-refractivity contribution in [2.24, 2.45) is 0 Å². The van der Waals surface area contributed by atoms with Gasteiger partial charge in [-0.25, -0.2) is 0 Å². The number of benzene rings is 1. The van der Waals surface area contributed by atoms with Crippen molar-refractivity contribution in [3.8, 4) is 11.1 Å². The van der Waals surface area contributed by atoms with Crippen molar-refractivity contribution in [1.29, 1.82) is 0 Å². The van der Waals surface area contributed by atoms with Crippen molar-refractivity contribution >= 4 is 11.8 Å². The van der Waals surface area contributed by atoms with Gasteiger partial charge in [0.25, 0.3) is 5.91 Å². The number of likely N-dealkylation sites (tertiary alicyclic amines) is 2. The Kier molecular flexibility index (Phi) is 4.50. The maximum absolute atomic E-state index is 13.4. The van der Waals surface area contributed by atoms with E-state index in [-0.39, 0.29) is 17.9 Å². The lowest BCUT2D eigenvalue weighted by Gasteiger charge is -2.46. The number of hydrogen-bond acceptors (Lipinski definition) is 3. The molecule has 2 fully saturated rings. The van der Waals surface area contributed by atoms with Crippen LogP contribution in [0.2, 0.25) is 0 Å². The van der Waals surface area contributed by atoms with Crippen molar-refractivity contribution < 1.29 is 9.59 Å². The summed E-state index contributed by atoms with van der Waals surface area (Å²) in [7, 11) is 0. The molecule has 1 aromatic carbocycles. The molecule has 1 N–H and O–H groups in total. The van der Waals surface area contributed by atoms with E-state index in [1.54, 1.807) is 6.20 Å². The predicted octanol–water partition coefficient (Wildman–Crippen LogP) is 3.08. The number of carbonyl (C=O) groups is 2. The van der Waals surface area contributed by atoms with Crippen LogP contribution in [-0.4, -0.2) is 56.5 Å². The van der Waals surface area contributed by atoms with E-state index in [1.807, 2.05) is 54.1 Å². The molecule has 3 heterocycles. The van der Waals surface area contributed by atoms with Crippen LogP contribution in [0.3, 0.4) is 0 Å². The molecule has 2 aliphatic heterocycles. The summed E-state index contributed by atoms with van der Waals surface area (Å²) < 4.78 is 0. The number of nitrogens with zero attached hydrogens (tertiary/aromatic N) is 3. The van der Waals surface area contributed by atoms with Crippen molar-refractivity contribution in [3.05, 3.63) is 42.2 Å². The largest absolute Gasteiger partial charge is 0.338 e. The molecule has 1 atom stereocenters. The second kappa shape index (κ2) is 6.83. The molecule has 2 amide bonds. The average Bonchev–Trinajstić information content (AvgIpc) is 3.34. The van der Waals surface area contributed by atoms with E-state index in [4.69, 9.17) is 0 Å². The molecular weight excluding hydrogens is 340 g/mol. The topological polar surface area (TPSA) is 69.3 Å². The van der Waals surface area contributed by atoms with Gasteiger partial charge in [-0.05, 0) is 57.2 Å². The number of piperidine rings is 1. The lowest BCUT2D eigenvalue weighted by Crippen LogP contribution is -2.62. The van der Waals surface area contributed by atoms with Crippen molar-refractivity contribution in [2.45, 2.75) is 51.1 Å². The maximum Gasteiger partial charge on any atom is 0.254 e.